The predicted molar refractivity (Wildman–Crippen MR) is 133 cm³/mol. The van der Waals surface area contributed by atoms with E-state index in [1.165, 1.54) is 0 Å². The number of hydrogen-bond donors (Lipinski definition) is 0. The second kappa shape index (κ2) is 10.3. The Bertz CT molecular complexity index is 1180. The molecule has 1 aliphatic heterocycles. The van der Waals surface area contributed by atoms with Gasteiger partial charge in [-0.25, -0.2) is 0 Å². The van der Waals surface area contributed by atoms with E-state index in [4.69, 9.17) is 30.5 Å². The molecule has 0 fully saturated rings. The molecule has 1 atom stereocenters. The number of amides is 1. The summed E-state index contributed by atoms with van der Waals surface area (Å²) in [6, 6.07) is 16.5. The zero-order valence-electron chi connectivity index (χ0n) is 19.8. The van der Waals surface area contributed by atoms with Crippen molar-refractivity contribution in [1.82, 2.24) is 0 Å². The van der Waals surface area contributed by atoms with Crippen LogP contribution in [0.5, 0.6) is 23.0 Å². The van der Waals surface area contributed by atoms with Gasteiger partial charge in [0, 0.05) is 10.7 Å². The topological polar surface area (TPSA) is 57.2 Å². The predicted octanol–water partition coefficient (Wildman–Crippen LogP) is 5.83. The van der Waals surface area contributed by atoms with Crippen LogP contribution in [0, 0.1) is 0 Å². The van der Waals surface area contributed by atoms with Gasteiger partial charge in [-0.15, -0.1) is 0 Å². The van der Waals surface area contributed by atoms with Gasteiger partial charge in [0.15, 0.2) is 23.0 Å². The number of nitrogens with zero attached hydrogens (tertiary/aromatic N) is 1. The molecule has 7 heteroatoms. The summed E-state index contributed by atoms with van der Waals surface area (Å²) >= 11 is 6.13. The molecule has 34 heavy (non-hydrogen) atoms. The van der Waals surface area contributed by atoms with Gasteiger partial charge in [-0.2, -0.15) is 0 Å². The number of carbonyl (C=O) groups excluding carboxylic acids is 1. The normalized spacial score (nSPS) is 15.0. The summed E-state index contributed by atoms with van der Waals surface area (Å²) in [5, 5.41) is 0.608. The van der Waals surface area contributed by atoms with Crippen molar-refractivity contribution in [2.24, 2.45) is 0 Å². The second-order valence-corrected chi connectivity index (χ2v) is 8.23. The molecular weight excluding hydrogens is 454 g/mol. The summed E-state index contributed by atoms with van der Waals surface area (Å²) in [6.45, 7) is 4.86. The van der Waals surface area contributed by atoms with Crippen LogP contribution in [0.1, 0.15) is 36.6 Å². The van der Waals surface area contributed by atoms with Crippen molar-refractivity contribution in [2.75, 3.05) is 32.3 Å². The largest absolute Gasteiger partial charge is 0.493 e. The third kappa shape index (κ3) is 4.50. The molecule has 0 unspecified atom stereocenters. The van der Waals surface area contributed by atoms with Crippen LogP contribution < -0.4 is 23.8 Å². The molecule has 178 valence electrons. The minimum absolute atomic E-state index is 0.0267. The molecule has 0 bridgehead atoms. The maximum absolute atomic E-state index is 13.5. The van der Waals surface area contributed by atoms with Gasteiger partial charge in [-0.05, 0) is 79.1 Å². The molecule has 0 aliphatic carbocycles. The van der Waals surface area contributed by atoms with Crippen LogP contribution >= 0.6 is 11.6 Å². The van der Waals surface area contributed by atoms with Crippen molar-refractivity contribution >= 4 is 23.2 Å². The zero-order valence-corrected chi connectivity index (χ0v) is 20.5. The van der Waals surface area contributed by atoms with E-state index in [1.807, 2.05) is 56.3 Å². The van der Waals surface area contributed by atoms with Gasteiger partial charge in [0.2, 0.25) is 5.91 Å². The molecule has 0 radical (unpaired) electrons. The van der Waals surface area contributed by atoms with Gasteiger partial charge in [-0.3, -0.25) is 4.79 Å². The Hall–Kier alpha value is -3.38. The SMILES string of the molecule is CCOc1cc2c(cc1OCC)[C@@H](c1ccc(OC)c(OC)c1)N(c1ccc(Cl)cc1)C(=O)C2. The number of carbonyl (C=O) groups is 1. The molecule has 0 spiro atoms. The van der Waals surface area contributed by atoms with Gasteiger partial charge in [0.1, 0.15) is 0 Å². The number of fused-ring (bicyclic) bond motifs is 1. The molecule has 0 aromatic heterocycles. The maximum Gasteiger partial charge on any atom is 0.232 e. The highest BCUT2D eigenvalue weighted by atomic mass is 35.5. The molecule has 0 N–H and O–H groups in total. The van der Waals surface area contributed by atoms with E-state index in [0.717, 1.165) is 22.4 Å². The molecule has 1 amide bonds. The molecule has 1 heterocycles. The summed E-state index contributed by atoms with van der Waals surface area (Å²) < 4.78 is 22.7. The van der Waals surface area contributed by atoms with Crippen LogP contribution in [-0.4, -0.2) is 33.3 Å². The van der Waals surface area contributed by atoms with Crippen molar-refractivity contribution in [3.63, 3.8) is 0 Å². The fraction of sp³-hybridized carbons (Fsp3) is 0.296. The Balaban J connectivity index is 1.94. The van der Waals surface area contributed by atoms with Crippen LogP contribution in [0.3, 0.4) is 0 Å². The van der Waals surface area contributed by atoms with Crippen LogP contribution in [0.2, 0.25) is 5.02 Å². The zero-order chi connectivity index (χ0) is 24.2. The van der Waals surface area contributed by atoms with Crippen molar-refractivity contribution in [3.05, 3.63) is 76.3 Å². The summed E-state index contributed by atoms with van der Waals surface area (Å²) in [7, 11) is 3.20. The first-order valence-corrected chi connectivity index (χ1v) is 11.6. The lowest BCUT2D eigenvalue weighted by Gasteiger charge is -2.38. The standard InChI is InChI=1S/C27H28ClNO5/c1-5-33-24-14-18-15-26(30)29(20-10-8-19(28)9-11-20)27(21(18)16-25(24)34-6-2)17-7-12-22(31-3)23(13-17)32-4/h7-14,16,27H,5-6,15H2,1-4H3/t27-/m1/s1. The number of rotatable bonds is 8. The van der Waals surface area contributed by atoms with Crippen molar-refractivity contribution < 1.29 is 23.7 Å². The number of methoxy groups -OCH3 is 2. The number of anilines is 1. The lowest BCUT2D eigenvalue weighted by molar-refractivity contribution is -0.118. The minimum Gasteiger partial charge on any atom is -0.493 e. The monoisotopic (exact) mass is 481 g/mol. The molecule has 0 saturated heterocycles. The van der Waals surface area contributed by atoms with E-state index in [1.54, 1.807) is 31.3 Å². The first-order valence-electron chi connectivity index (χ1n) is 11.2. The lowest BCUT2D eigenvalue weighted by atomic mass is 9.86. The van der Waals surface area contributed by atoms with Gasteiger partial charge in [-0.1, -0.05) is 17.7 Å². The molecular formula is C27H28ClNO5. The third-order valence-corrected chi connectivity index (χ3v) is 6.05. The van der Waals surface area contributed by atoms with E-state index >= 15 is 0 Å². The van der Waals surface area contributed by atoms with Crippen molar-refractivity contribution in [3.8, 4) is 23.0 Å². The molecule has 6 nitrogen and oxygen atoms in total. The van der Waals surface area contributed by atoms with Crippen LogP contribution in [0.15, 0.2) is 54.6 Å². The second-order valence-electron chi connectivity index (χ2n) is 7.80. The average molecular weight is 482 g/mol. The third-order valence-electron chi connectivity index (χ3n) is 5.80. The van der Waals surface area contributed by atoms with Crippen molar-refractivity contribution in [1.29, 1.82) is 0 Å². The Morgan fingerprint density at radius 1 is 0.853 bits per heavy atom. The summed E-state index contributed by atoms with van der Waals surface area (Å²) in [5.41, 5.74) is 3.51. The quantitative estimate of drug-likeness (QED) is 0.405. The van der Waals surface area contributed by atoms with E-state index in [9.17, 15) is 4.79 Å². The lowest BCUT2D eigenvalue weighted by Crippen LogP contribution is -2.41. The smallest absolute Gasteiger partial charge is 0.232 e. The molecule has 4 rings (SSSR count). The molecule has 3 aromatic carbocycles. The highest BCUT2D eigenvalue weighted by Crippen LogP contribution is 2.45. The van der Waals surface area contributed by atoms with Gasteiger partial charge < -0.3 is 23.8 Å². The van der Waals surface area contributed by atoms with E-state index in [2.05, 4.69) is 0 Å². The van der Waals surface area contributed by atoms with Gasteiger partial charge >= 0.3 is 0 Å². The molecule has 3 aromatic rings. The Kier molecular flexibility index (Phi) is 7.17. The number of benzene rings is 3. The van der Waals surface area contributed by atoms with Crippen LogP contribution in [-0.2, 0) is 11.2 Å². The van der Waals surface area contributed by atoms with E-state index < -0.39 is 6.04 Å². The van der Waals surface area contributed by atoms with Crippen molar-refractivity contribution in [2.45, 2.75) is 26.3 Å². The number of halogens is 1. The summed E-state index contributed by atoms with van der Waals surface area (Å²) in [4.78, 5) is 15.4. The van der Waals surface area contributed by atoms with Crippen LogP contribution in [0.4, 0.5) is 5.69 Å². The molecule has 0 saturated carbocycles. The van der Waals surface area contributed by atoms with Crippen LogP contribution in [0.25, 0.3) is 0 Å². The van der Waals surface area contributed by atoms with Gasteiger partial charge in [0.25, 0.3) is 0 Å². The highest BCUT2D eigenvalue weighted by Gasteiger charge is 2.36. The van der Waals surface area contributed by atoms with E-state index in [0.29, 0.717) is 41.2 Å². The number of hydrogen-bond acceptors (Lipinski definition) is 5. The maximum atomic E-state index is 13.5. The average Bonchev–Trinajstić information content (AvgIpc) is 2.84. The fourth-order valence-corrected chi connectivity index (χ4v) is 4.47. The van der Waals surface area contributed by atoms with Gasteiger partial charge in [0.05, 0.1) is 39.9 Å². The Labute approximate surface area is 205 Å². The fourth-order valence-electron chi connectivity index (χ4n) is 4.34. The number of ether oxygens (including phenoxy) is 4. The highest BCUT2D eigenvalue weighted by molar-refractivity contribution is 6.30. The first-order chi connectivity index (χ1) is 16.5. The Morgan fingerprint density at radius 3 is 2.12 bits per heavy atom. The Morgan fingerprint density at radius 2 is 1.50 bits per heavy atom. The summed E-state index contributed by atoms with van der Waals surface area (Å²) in [6.07, 6.45) is 0.244. The first kappa shape index (κ1) is 23.8. The summed E-state index contributed by atoms with van der Waals surface area (Å²) in [5.74, 6) is 2.47. The van der Waals surface area contributed by atoms with E-state index in [-0.39, 0.29) is 12.3 Å². The minimum atomic E-state index is -0.410. The molecule has 1 aliphatic rings.